The number of aliphatic hydroxyl groups excluding tert-OH is 1. The summed E-state index contributed by atoms with van der Waals surface area (Å²) in [5.74, 6) is -1.64. The van der Waals surface area contributed by atoms with E-state index in [1.54, 1.807) is 46.9 Å². The molecule has 1 heterocycles. The van der Waals surface area contributed by atoms with Crippen LogP contribution in [0.2, 0.25) is 0 Å². The molecular formula is C35H58N2O7. The Morgan fingerprint density at radius 1 is 1.02 bits per heavy atom. The van der Waals surface area contributed by atoms with Crippen LogP contribution in [0.3, 0.4) is 0 Å². The molecule has 1 aromatic carbocycles. The third kappa shape index (κ3) is 9.35. The fourth-order valence-corrected chi connectivity index (χ4v) is 6.54. The van der Waals surface area contributed by atoms with Crippen molar-refractivity contribution in [3.05, 3.63) is 35.9 Å². The van der Waals surface area contributed by atoms with Gasteiger partial charge in [-0.1, -0.05) is 71.4 Å². The SMILES string of the molecule is CC[C@H](C)[C@@H]([C@@H](CC(=O)N1CCC[C@H]1[C@H](OC)[C@@H](C)C(=O)C[C@H](C)[C@@H](O)c1ccccc1)OC)N(C)C(=O)[C@@H](C)C(C)(C)O. The minimum atomic E-state index is -1.19. The van der Waals surface area contributed by atoms with Crippen LogP contribution in [-0.2, 0) is 23.9 Å². The first kappa shape index (κ1) is 37.9. The predicted octanol–water partition coefficient (Wildman–Crippen LogP) is 4.64. The van der Waals surface area contributed by atoms with Gasteiger partial charge in [-0.3, -0.25) is 14.4 Å². The van der Waals surface area contributed by atoms with Gasteiger partial charge in [-0.05, 0) is 44.1 Å². The van der Waals surface area contributed by atoms with E-state index in [0.29, 0.717) is 6.54 Å². The van der Waals surface area contributed by atoms with Crippen LogP contribution >= 0.6 is 0 Å². The minimum absolute atomic E-state index is 0.00806. The molecule has 0 saturated carbocycles. The molecule has 0 radical (unpaired) electrons. The van der Waals surface area contributed by atoms with Crippen molar-refractivity contribution in [3.63, 3.8) is 0 Å². The van der Waals surface area contributed by atoms with Crippen molar-refractivity contribution in [2.75, 3.05) is 27.8 Å². The number of ketones is 1. The van der Waals surface area contributed by atoms with E-state index in [2.05, 4.69) is 0 Å². The summed E-state index contributed by atoms with van der Waals surface area (Å²) in [6.45, 7) is 13.3. The van der Waals surface area contributed by atoms with Crippen molar-refractivity contribution < 1.29 is 34.1 Å². The summed E-state index contributed by atoms with van der Waals surface area (Å²) in [4.78, 5) is 44.2. The number of carbonyl (C=O) groups is 3. The average Bonchev–Trinajstić information content (AvgIpc) is 3.49. The lowest BCUT2D eigenvalue weighted by Crippen LogP contribution is -2.55. The second-order valence-corrected chi connectivity index (χ2v) is 13.5. The molecule has 2 rings (SSSR count). The maximum absolute atomic E-state index is 13.9. The van der Waals surface area contributed by atoms with Crippen LogP contribution in [0.5, 0.6) is 0 Å². The first-order valence-corrected chi connectivity index (χ1v) is 16.2. The second-order valence-electron chi connectivity index (χ2n) is 13.5. The molecule has 9 nitrogen and oxygen atoms in total. The van der Waals surface area contributed by atoms with E-state index in [0.717, 1.165) is 24.8 Å². The van der Waals surface area contributed by atoms with Gasteiger partial charge in [0.15, 0.2) is 0 Å². The smallest absolute Gasteiger partial charge is 0.228 e. The summed E-state index contributed by atoms with van der Waals surface area (Å²) in [7, 11) is 4.87. The zero-order valence-electron chi connectivity index (χ0n) is 28.7. The van der Waals surface area contributed by atoms with Gasteiger partial charge in [0, 0.05) is 40.2 Å². The van der Waals surface area contributed by atoms with Gasteiger partial charge in [-0.25, -0.2) is 0 Å². The molecule has 2 N–H and O–H groups in total. The molecule has 2 amide bonds. The molecule has 9 atom stereocenters. The summed E-state index contributed by atoms with van der Waals surface area (Å²) in [6.07, 6.45) is 0.785. The maximum Gasteiger partial charge on any atom is 0.228 e. The van der Waals surface area contributed by atoms with E-state index in [9.17, 15) is 24.6 Å². The van der Waals surface area contributed by atoms with Crippen LogP contribution in [0.25, 0.3) is 0 Å². The van der Waals surface area contributed by atoms with Crippen LogP contribution in [0, 0.1) is 23.7 Å². The van der Waals surface area contributed by atoms with E-state index >= 15 is 0 Å². The average molecular weight is 619 g/mol. The number of carbonyl (C=O) groups excluding carboxylic acids is 3. The van der Waals surface area contributed by atoms with Gasteiger partial charge >= 0.3 is 0 Å². The molecule has 0 unspecified atom stereocenters. The zero-order chi connectivity index (χ0) is 33.4. The highest BCUT2D eigenvalue weighted by Gasteiger charge is 2.43. The number of Topliss-reactive ketones (excluding diaryl/α,β-unsaturated/α-hetero) is 1. The molecule has 0 aliphatic carbocycles. The lowest BCUT2D eigenvalue weighted by Gasteiger charge is -2.41. The minimum Gasteiger partial charge on any atom is -0.390 e. The Kier molecular flexibility index (Phi) is 14.5. The number of hydrogen-bond donors (Lipinski definition) is 2. The lowest BCUT2D eigenvalue weighted by molar-refractivity contribution is -0.151. The third-order valence-corrected chi connectivity index (χ3v) is 9.99. The van der Waals surface area contributed by atoms with Gasteiger partial charge in [-0.2, -0.15) is 0 Å². The molecule has 1 saturated heterocycles. The summed E-state index contributed by atoms with van der Waals surface area (Å²) in [5, 5.41) is 21.3. The van der Waals surface area contributed by atoms with E-state index in [4.69, 9.17) is 9.47 Å². The Hall–Kier alpha value is -2.33. The standard InChI is InChI=1S/C35H58N2O7/c1-11-22(2)31(36(8)34(41)25(5)35(6,7)42)29(43-9)21-30(39)37-19-15-18-27(37)33(44-10)24(4)28(38)20-23(3)32(40)26-16-13-12-14-17-26/h12-14,16-17,22-25,27,29,31-33,40,42H,11,15,18-21H2,1-10H3/t22-,23-,24-,25+,27-,29+,31-,32+,33+/m0/s1. The van der Waals surface area contributed by atoms with Gasteiger partial charge < -0.3 is 29.5 Å². The van der Waals surface area contributed by atoms with Crippen LogP contribution in [0.15, 0.2) is 30.3 Å². The molecule has 0 aromatic heterocycles. The summed E-state index contributed by atoms with van der Waals surface area (Å²) in [6, 6.07) is 8.70. The van der Waals surface area contributed by atoms with E-state index in [1.807, 2.05) is 62.9 Å². The Bertz CT molecular complexity index is 1060. The number of aliphatic hydroxyl groups is 2. The van der Waals surface area contributed by atoms with Crippen molar-refractivity contribution >= 4 is 17.6 Å². The fraction of sp³-hybridized carbons (Fsp3) is 0.743. The van der Waals surface area contributed by atoms with Crippen LogP contribution in [0.1, 0.15) is 92.2 Å². The molecule has 250 valence electrons. The number of benzene rings is 1. The molecule has 1 aliphatic heterocycles. The number of amides is 2. The quantitative estimate of drug-likeness (QED) is 0.261. The van der Waals surface area contributed by atoms with Crippen molar-refractivity contribution in [1.29, 1.82) is 0 Å². The largest absolute Gasteiger partial charge is 0.390 e. The number of hydrogen-bond acceptors (Lipinski definition) is 7. The van der Waals surface area contributed by atoms with Crippen LogP contribution < -0.4 is 0 Å². The Morgan fingerprint density at radius 2 is 1.64 bits per heavy atom. The predicted molar refractivity (Wildman–Crippen MR) is 172 cm³/mol. The Balaban J connectivity index is 2.19. The molecule has 0 spiro atoms. The topological polar surface area (TPSA) is 117 Å². The van der Waals surface area contributed by atoms with Gasteiger partial charge in [-0.15, -0.1) is 0 Å². The third-order valence-electron chi connectivity index (χ3n) is 9.99. The summed E-state index contributed by atoms with van der Waals surface area (Å²) < 4.78 is 11.8. The number of likely N-dealkylation sites (N-methyl/N-ethyl adjacent to an activating group) is 1. The maximum atomic E-state index is 13.9. The highest BCUT2D eigenvalue weighted by molar-refractivity contribution is 5.82. The Morgan fingerprint density at radius 3 is 2.16 bits per heavy atom. The number of nitrogens with zero attached hydrogens (tertiary/aromatic N) is 2. The van der Waals surface area contributed by atoms with E-state index < -0.39 is 35.7 Å². The van der Waals surface area contributed by atoms with Gasteiger partial charge in [0.05, 0.1) is 48.3 Å². The number of likely N-dealkylation sites (tertiary alicyclic amines) is 1. The van der Waals surface area contributed by atoms with Crippen molar-refractivity contribution in [1.82, 2.24) is 9.80 Å². The van der Waals surface area contributed by atoms with Crippen LogP contribution in [-0.4, -0.2) is 95.3 Å². The Labute approximate surface area is 265 Å². The second kappa shape index (κ2) is 16.8. The van der Waals surface area contributed by atoms with Gasteiger partial charge in [0.25, 0.3) is 0 Å². The highest BCUT2D eigenvalue weighted by Crippen LogP contribution is 2.32. The van der Waals surface area contributed by atoms with Gasteiger partial charge in [0.2, 0.25) is 11.8 Å². The summed E-state index contributed by atoms with van der Waals surface area (Å²) in [5.41, 5.74) is -0.408. The fourth-order valence-electron chi connectivity index (χ4n) is 6.54. The van der Waals surface area contributed by atoms with E-state index in [-0.39, 0.29) is 54.4 Å². The number of rotatable bonds is 17. The van der Waals surface area contributed by atoms with Crippen molar-refractivity contribution in [2.24, 2.45) is 23.7 Å². The highest BCUT2D eigenvalue weighted by atomic mass is 16.5. The molecule has 44 heavy (non-hydrogen) atoms. The summed E-state index contributed by atoms with van der Waals surface area (Å²) >= 11 is 0. The van der Waals surface area contributed by atoms with Crippen LogP contribution in [0.4, 0.5) is 0 Å². The molecule has 0 bridgehead atoms. The normalized spacial score (nSPS) is 21.1. The number of methoxy groups -OCH3 is 2. The molecule has 9 heteroatoms. The zero-order valence-corrected chi connectivity index (χ0v) is 28.7. The molecule has 1 aliphatic rings. The first-order chi connectivity index (χ1) is 20.6. The molecule has 1 aromatic rings. The number of ether oxygens (including phenoxy) is 2. The van der Waals surface area contributed by atoms with Crippen molar-refractivity contribution in [3.8, 4) is 0 Å². The van der Waals surface area contributed by atoms with E-state index in [1.165, 1.54) is 0 Å². The monoisotopic (exact) mass is 618 g/mol. The lowest BCUT2D eigenvalue weighted by atomic mass is 9.85. The van der Waals surface area contributed by atoms with Crippen molar-refractivity contribution in [2.45, 2.75) is 117 Å². The van der Waals surface area contributed by atoms with Gasteiger partial charge in [0.1, 0.15) is 5.78 Å². The molecular weight excluding hydrogens is 560 g/mol. The molecule has 1 fully saturated rings. The first-order valence-electron chi connectivity index (χ1n) is 16.2.